The van der Waals surface area contributed by atoms with Crippen molar-refractivity contribution >= 4 is 5.91 Å². The quantitative estimate of drug-likeness (QED) is 0.917. The van der Waals surface area contributed by atoms with Crippen LogP contribution in [0.25, 0.3) is 0 Å². The SMILES string of the molecule is Cc1ccccc1C1NCC(=O)N1CC1(C)CCCC1. The van der Waals surface area contributed by atoms with Crippen molar-refractivity contribution in [3.8, 4) is 0 Å². The predicted octanol–water partition coefficient (Wildman–Crippen LogP) is 3.01. The van der Waals surface area contributed by atoms with E-state index in [4.69, 9.17) is 0 Å². The minimum atomic E-state index is 0.0566. The molecule has 1 saturated heterocycles. The average Bonchev–Trinajstić information content (AvgIpc) is 2.99. The van der Waals surface area contributed by atoms with Crippen LogP contribution in [-0.2, 0) is 4.79 Å². The number of aryl methyl sites for hydroxylation is 1. The van der Waals surface area contributed by atoms with Gasteiger partial charge in [-0.25, -0.2) is 0 Å². The lowest BCUT2D eigenvalue weighted by Gasteiger charge is -2.34. The van der Waals surface area contributed by atoms with Crippen LogP contribution in [0.5, 0.6) is 0 Å². The topological polar surface area (TPSA) is 32.3 Å². The summed E-state index contributed by atoms with van der Waals surface area (Å²) in [5, 5.41) is 3.38. The van der Waals surface area contributed by atoms with Gasteiger partial charge in [-0.15, -0.1) is 0 Å². The summed E-state index contributed by atoms with van der Waals surface area (Å²) in [6.45, 7) is 5.81. The molecule has 1 aromatic rings. The van der Waals surface area contributed by atoms with Crippen molar-refractivity contribution in [2.45, 2.75) is 45.7 Å². The third-order valence-electron chi connectivity index (χ3n) is 4.92. The number of carbonyl (C=O) groups is 1. The van der Waals surface area contributed by atoms with Crippen molar-refractivity contribution in [2.75, 3.05) is 13.1 Å². The number of nitrogens with zero attached hydrogens (tertiary/aromatic N) is 1. The molecule has 0 aromatic heterocycles. The van der Waals surface area contributed by atoms with E-state index in [-0.39, 0.29) is 12.1 Å². The van der Waals surface area contributed by atoms with Crippen molar-refractivity contribution < 1.29 is 4.79 Å². The van der Waals surface area contributed by atoms with Gasteiger partial charge in [0.25, 0.3) is 0 Å². The Balaban J connectivity index is 1.84. The van der Waals surface area contributed by atoms with E-state index in [1.807, 2.05) is 0 Å². The molecule has 1 aliphatic heterocycles. The summed E-state index contributed by atoms with van der Waals surface area (Å²) in [4.78, 5) is 14.3. The van der Waals surface area contributed by atoms with E-state index in [0.29, 0.717) is 12.0 Å². The number of amides is 1. The highest BCUT2D eigenvalue weighted by molar-refractivity contribution is 5.81. The molecule has 3 heteroatoms. The van der Waals surface area contributed by atoms with Gasteiger partial charge in [-0.2, -0.15) is 0 Å². The lowest BCUT2D eigenvalue weighted by atomic mass is 9.88. The fraction of sp³-hybridized carbons (Fsp3) is 0.588. The zero-order valence-electron chi connectivity index (χ0n) is 12.5. The maximum absolute atomic E-state index is 12.3. The first-order chi connectivity index (χ1) is 9.59. The van der Waals surface area contributed by atoms with Crippen molar-refractivity contribution in [1.82, 2.24) is 10.2 Å². The summed E-state index contributed by atoms with van der Waals surface area (Å²) in [7, 11) is 0. The molecular formula is C17H24N2O. The third kappa shape index (κ3) is 2.47. The zero-order chi connectivity index (χ0) is 14.2. The first-order valence-corrected chi connectivity index (χ1v) is 7.67. The molecule has 1 saturated carbocycles. The first-order valence-electron chi connectivity index (χ1n) is 7.67. The Morgan fingerprint density at radius 3 is 2.70 bits per heavy atom. The molecule has 0 spiro atoms. The zero-order valence-corrected chi connectivity index (χ0v) is 12.5. The Bertz CT molecular complexity index is 505. The van der Waals surface area contributed by atoms with Gasteiger partial charge < -0.3 is 4.90 Å². The van der Waals surface area contributed by atoms with Crippen LogP contribution < -0.4 is 5.32 Å². The van der Waals surface area contributed by atoms with Gasteiger partial charge in [0.05, 0.1) is 6.54 Å². The second-order valence-corrected chi connectivity index (χ2v) is 6.68. The van der Waals surface area contributed by atoms with E-state index in [1.54, 1.807) is 0 Å². The molecule has 1 aliphatic carbocycles. The van der Waals surface area contributed by atoms with Gasteiger partial charge >= 0.3 is 0 Å². The highest BCUT2D eigenvalue weighted by Gasteiger charge is 2.38. The van der Waals surface area contributed by atoms with Crippen LogP contribution >= 0.6 is 0 Å². The minimum Gasteiger partial charge on any atom is -0.321 e. The van der Waals surface area contributed by atoms with Gasteiger partial charge in [0.15, 0.2) is 0 Å². The molecule has 1 amide bonds. The molecule has 1 N–H and O–H groups in total. The Morgan fingerprint density at radius 2 is 2.00 bits per heavy atom. The van der Waals surface area contributed by atoms with E-state index in [2.05, 4.69) is 48.3 Å². The standard InChI is InChI=1S/C17H24N2O/c1-13-7-3-4-8-14(13)16-18-11-15(20)19(16)12-17(2)9-5-6-10-17/h3-4,7-8,16,18H,5-6,9-12H2,1-2H3. The molecule has 1 aromatic carbocycles. The molecule has 0 bridgehead atoms. The van der Waals surface area contributed by atoms with Gasteiger partial charge in [0.2, 0.25) is 5.91 Å². The molecule has 3 nitrogen and oxygen atoms in total. The Hall–Kier alpha value is -1.35. The summed E-state index contributed by atoms with van der Waals surface area (Å²) in [6, 6.07) is 8.37. The van der Waals surface area contributed by atoms with Crippen molar-refractivity contribution in [2.24, 2.45) is 5.41 Å². The second-order valence-electron chi connectivity index (χ2n) is 6.68. The largest absolute Gasteiger partial charge is 0.321 e. The molecule has 108 valence electrons. The summed E-state index contributed by atoms with van der Waals surface area (Å²) < 4.78 is 0. The number of rotatable bonds is 3. The molecule has 1 atom stereocenters. The van der Waals surface area contributed by atoms with Crippen LogP contribution in [0.15, 0.2) is 24.3 Å². The molecule has 20 heavy (non-hydrogen) atoms. The van der Waals surface area contributed by atoms with E-state index in [1.165, 1.54) is 36.8 Å². The number of benzene rings is 1. The van der Waals surface area contributed by atoms with Crippen molar-refractivity contribution in [1.29, 1.82) is 0 Å². The van der Waals surface area contributed by atoms with E-state index >= 15 is 0 Å². The molecule has 3 rings (SSSR count). The number of carbonyl (C=O) groups excluding carboxylic acids is 1. The van der Waals surface area contributed by atoms with Crippen LogP contribution in [0.4, 0.5) is 0 Å². The Labute approximate surface area is 121 Å². The molecule has 2 aliphatic rings. The lowest BCUT2D eigenvalue weighted by molar-refractivity contribution is -0.129. The third-order valence-corrected chi connectivity index (χ3v) is 4.92. The first kappa shape index (κ1) is 13.6. The maximum atomic E-state index is 12.3. The van der Waals surface area contributed by atoms with Gasteiger partial charge in [-0.1, -0.05) is 44.0 Å². The predicted molar refractivity (Wildman–Crippen MR) is 80.2 cm³/mol. The van der Waals surface area contributed by atoms with Gasteiger partial charge in [-0.05, 0) is 36.3 Å². The number of nitrogens with one attached hydrogen (secondary N) is 1. The van der Waals surface area contributed by atoms with E-state index < -0.39 is 0 Å². The number of hydrogen-bond donors (Lipinski definition) is 1. The van der Waals surface area contributed by atoms with Crippen LogP contribution in [0.1, 0.15) is 49.9 Å². The summed E-state index contributed by atoms with van der Waals surface area (Å²) in [5.74, 6) is 0.242. The average molecular weight is 272 g/mol. The molecule has 1 unspecified atom stereocenters. The smallest absolute Gasteiger partial charge is 0.238 e. The highest BCUT2D eigenvalue weighted by Crippen LogP contribution is 2.40. The number of hydrogen-bond acceptors (Lipinski definition) is 2. The minimum absolute atomic E-state index is 0.0566. The van der Waals surface area contributed by atoms with Crippen molar-refractivity contribution in [3.63, 3.8) is 0 Å². The fourth-order valence-electron chi connectivity index (χ4n) is 3.69. The Morgan fingerprint density at radius 1 is 1.30 bits per heavy atom. The molecule has 0 radical (unpaired) electrons. The van der Waals surface area contributed by atoms with E-state index in [0.717, 1.165) is 6.54 Å². The Kier molecular flexibility index (Phi) is 3.55. The summed E-state index contributed by atoms with van der Waals surface area (Å²) >= 11 is 0. The molecule has 2 fully saturated rings. The molecular weight excluding hydrogens is 248 g/mol. The van der Waals surface area contributed by atoms with Gasteiger partial charge in [0.1, 0.15) is 6.17 Å². The van der Waals surface area contributed by atoms with E-state index in [9.17, 15) is 4.79 Å². The van der Waals surface area contributed by atoms with Gasteiger partial charge in [0, 0.05) is 6.54 Å². The van der Waals surface area contributed by atoms with Crippen LogP contribution in [0.2, 0.25) is 0 Å². The van der Waals surface area contributed by atoms with Gasteiger partial charge in [-0.3, -0.25) is 10.1 Å². The highest BCUT2D eigenvalue weighted by atomic mass is 16.2. The second kappa shape index (κ2) is 5.21. The van der Waals surface area contributed by atoms with Crippen LogP contribution in [0, 0.1) is 12.3 Å². The maximum Gasteiger partial charge on any atom is 0.238 e. The molecule has 1 heterocycles. The lowest BCUT2D eigenvalue weighted by Crippen LogP contribution is -2.38. The monoisotopic (exact) mass is 272 g/mol. The van der Waals surface area contributed by atoms with Crippen LogP contribution in [-0.4, -0.2) is 23.9 Å². The summed E-state index contributed by atoms with van der Waals surface area (Å²) in [5.41, 5.74) is 2.80. The normalized spacial score (nSPS) is 25.4. The van der Waals surface area contributed by atoms with Crippen molar-refractivity contribution in [3.05, 3.63) is 35.4 Å². The van der Waals surface area contributed by atoms with Crippen LogP contribution in [0.3, 0.4) is 0 Å². The summed E-state index contributed by atoms with van der Waals surface area (Å²) in [6.07, 6.45) is 5.16. The fourth-order valence-corrected chi connectivity index (χ4v) is 3.69.